The van der Waals surface area contributed by atoms with Crippen LogP contribution in [0.3, 0.4) is 0 Å². The number of fused-ring (bicyclic) bond motifs is 1. The summed E-state index contributed by atoms with van der Waals surface area (Å²) in [6.07, 6.45) is -0.273. The van der Waals surface area contributed by atoms with E-state index < -0.39 is 23.7 Å². The molecule has 0 atom stereocenters. The fourth-order valence-electron chi connectivity index (χ4n) is 4.06. The van der Waals surface area contributed by atoms with Crippen molar-refractivity contribution in [1.82, 2.24) is 14.9 Å². The Labute approximate surface area is 202 Å². The second-order valence-corrected chi connectivity index (χ2v) is 9.42. The number of nitrogens with zero attached hydrogens (tertiary/aromatic N) is 5. The lowest BCUT2D eigenvalue weighted by Crippen LogP contribution is -2.40. The largest absolute Gasteiger partial charge is 0.491 e. The van der Waals surface area contributed by atoms with Crippen LogP contribution in [0.4, 0.5) is 25.2 Å². The molecule has 2 aromatic rings. The molecule has 2 aromatic heterocycles. The number of carbonyl (C=O) groups is 2. The van der Waals surface area contributed by atoms with Gasteiger partial charge in [-0.15, -0.1) is 0 Å². The molecule has 0 unspecified atom stereocenters. The number of urea groups is 1. The summed E-state index contributed by atoms with van der Waals surface area (Å²) in [6.45, 7) is 5.46. The molecule has 11 heteroatoms. The Bertz CT molecular complexity index is 1150. The lowest BCUT2D eigenvalue weighted by atomic mass is 9.94. The lowest BCUT2D eigenvalue weighted by Gasteiger charge is -2.29. The molecule has 0 radical (unpaired) electrons. The first kappa shape index (κ1) is 26.0. The second-order valence-electron chi connectivity index (χ2n) is 9.42. The van der Waals surface area contributed by atoms with Crippen LogP contribution in [0.2, 0.25) is 0 Å². The van der Waals surface area contributed by atoms with Crippen molar-refractivity contribution in [1.29, 1.82) is 5.26 Å². The van der Waals surface area contributed by atoms with Gasteiger partial charge in [0.05, 0.1) is 12.8 Å². The predicted octanol–water partition coefficient (Wildman–Crippen LogP) is 4.05. The number of rotatable bonds is 8. The van der Waals surface area contributed by atoms with E-state index in [-0.39, 0.29) is 41.2 Å². The van der Waals surface area contributed by atoms with Gasteiger partial charge in [0.25, 0.3) is 6.43 Å². The van der Waals surface area contributed by atoms with Gasteiger partial charge >= 0.3 is 6.03 Å². The highest BCUT2D eigenvalue weighted by Gasteiger charge is 2.28. The zero-order chi connectivity index (χ0) is 25.8. The third-order valence-electron chi connectivity index (χ3n) is 5.40. The molecule has 0 aliphatic carbocycles. The molecular weight excluding hydrogens is 458 g/mol. The van der Waals surface area contributed by atoms with Crippen molar-refractivity contribution in [2.45, 2.75) is 33.1 Å². The third-order valence-corrected chi connectivity index (χ3v) is 5.40. The van der Waals surface area contributed by atoms with Crippen molar-refractivity contribution >= 4 is 24.0 Å². The van der Waals surface area contributed by atoms with Crippen molar-refractivity contribution in [3.8, 4) is 11.8 Å². The number of ether oxygens (including phenoxy) is 1. The van der Waals surface area contributed by atoms with E-state index in [0.717, 1.165) is 6.54 Å². The van der Waals surface area contributed by atoms with Crippen molar-refractivity contribution in [2.24, 2.45) is 5.41 Å². The molecule has 186 valence electrons. The van der Waals surface area contributed by atoms with E-state index >= 15 is 0 Å². The zero-order valence-electron chi connectivity index (χ0n) is 20.1. The Kier molecular flexibility index (Phi) is 7.96. The van der Waals surface area contributed by atoms with Gasteiger partial charge < -0.3 is 9.64 Å². The van der Waals surface area contributed by atoms with Gasteiger partial charge in [0.1, 0.15) is 34.7 Å². The molecule has 0 saturated carbocycles. The average molecular weight is 487 g/mol. The van der Waals surface area contributed by atoms with E-state index in [1.807, 2.05) is 38.9 Å². The van der Waals surface area contributed by atoms with Crippen LogP contribution in [0.1, 0.15) is 53.9 Å². The van der Waals surface area contributed by atoms with Crippen LogP contribution in [-0.4, -0.2) is 61.0 Å². The maximum absolute atomic E-state index is 13.3. The smallest absolute Gasteiger partial charge is 0.328 e. The number of hydrogen-bond acceptors (Lipinski definition) is 7. The zero-order valence-corrected chi connectivity index (χ0v) is 20.1. The molecular formula is C24H28F2N6O3. The molecule has 35 heavy (non-hydrogen) atoms. The minimum Gasteiger partial charge on any atom is -0.491 e. The number of aryl methyl sites for hydroxylation is 1. The first-order valence-corrected chi connectivity index (χ1v) is 11.1. The average Bonchev–Trinajstić information content (AvgIpc) is 2.80. The number of nitriles is 1. The molecule has 2 amide bonds. The van der Waals surface area contributed by atoms with Gasteiger partial charge in [0.2, 0.25) is 0 Å². The maximum Gasteiger partial charge on any atom is 0.328 e. The van der Waals surface area contributed by atoms with E-state index in [1.54, 1.807) is 0 Å². The topological polar surface area (TPSA) is 111 Å². The van der Waals surface area contributed by atoms with Crippen LogP contribution in [0.25, 0.3) is 0 Å². The number of anilines is 2. The normalized spacial score (nSPS) is 13.4. The SMILES string of the molecule is CN(C)CC(C)(C)COc1cc(NC(=O)N2CCCc3cc(C(F)F)c(C=O)nc32)ncc1C#N. The lowest BCUT2D eigenvalue weighted by molar-refractivity contribution is 0.110. The summed E-state index contributed by atoms with van der Waals surface area (Å²) in [7, 11) is 3.92. The number of aldehydes is 1. The molecule has 0 aromatic carbocycles. The highest BCUT2D eigenvalue weighted by molar-refractivity contribution is 6.01. The van der Waals surface area contributed by atoms with Gasteiger partial charge in [-0.2, -0.15) is 5.26 Å². The highest BCUT2D eigenvalue weighted by Crippen LogP contribution is 2.32. The van der Waals surface area contributed by atoms with Crippen LogP contribution >= 0.6 is 0 Å². The first-order valence-electron chi connectivity index (χ1n) is 11.1. The molecule has 9 nitrogen and oxygen atoms in total. The third kappa shape index (κ3) is 6.27. The van der Waals surface area contributed by atoms with E-state index in [1.165, 1.54) is 23.2 Å². The number of pyridine rings is 2. The number of hydrogen-bond donors (Lipinski definition) is 1. The summed E-state index contributed by atoms with van der Waals surface area (Å²) in [5.74, 6) is 0.601. The van der Waals surface area contributed by atoms with Gasteiger partial charge in [0, 0.05) is 30.1 Å². The van der Waals surface area contributed by atoms with Crippen molar-refractivity contribution < 1.29 is 23.1 Å². The highest BCUT2D eigenvalue weighted by atomic mass is 19.3. The molecule has 1 aliphatic heterocycles. The van der Waals surface area contributed by atoms with E-state index in [2.05, 4.69) is 15.3 Å². The number of amides is 2. The van der Waals surface area contributed by atoms with Gasteiger partial charge in [-0.05, 0) is 38.6 Å². The molecule has 0 saturated heterocycles. The molecule has 0 bridgehead atoms. The number of carbonyl (C=O) groups excluding carboxylic acids is 2. The molecule has 0 fully saturated rings. The Morgan fingerprint density at radius 2 is 2.14 bits per heavy atom. The molecule has 3 rings (SSSR count). The van der Waals surface area contributed by atoms with E-state index in [4.69, 9.17) is 4.74 Å². The number of halogens is 2. The standard InChI is InChI=1S/C24H28F2N6O3/c1-24(2,13-31(3)4)14-35-19-9-20(28-11-16(19)10-27)30-23(34)32-7-5-6-15-8-17(21(25)26)18(12-33)29-22(15)32/h8-9,11-12,21H,5-7,13-14H2,1-4H3,(H,28,30,34). The van der Waals surface area contributed by atoms with Crippen molar-refractivity contribution in [3.05, 3.63) is 40.7 Å². The first-order chi connectivity index (χ1) is 16.5. The molecule has 1 aliphatic rings. The van der Waals surface area contributed by atoms with Crippen LogP contribution in [0, 0.1) is 16.7 Å². The summed E-state index contributed by atoms with van der Waals surface area (Å²) in [5, 5.41) is 12.1. The molecule has 1 N–H and O–H groups in total. The van der Waals surface area contributed by atoms with Gasteiger partial charge in [-0.25, -0.2) is 23.5 Å². The van der Waals surface area contributed by atoms with Crippen LogP contribution < -0.4 is 15.0 Å². The minimum atomic E-state index is -2.85. The monoisotopic (exact) mass is 486 g/mol. The van der Waals surface area contributed by atoms with E-state index in [0.29, 0.717) is 25.0 Å². The quantitative estimate of drug-likeness (QED) is 0.560. The fourth-order valence-corrected chi connectivity index (χ4v) is 4.06. The number of aromatic nitrogens is 2. The van der Waals surface area contributed by atoms with Gasteiger partial charge in [-0.1, -0.05) is 13.8 Å². The van der Waals surface area contributed by atoms with Crippen LogP contribution in [-0.2, 0) is 6.42 Å². The van der Waals surface area contributed by atoms with Crippen LogP contribution in [0.5, 0.6) is 5.75 Å². The van der Waals surface area contributed by atoms with E-state index in [9.17, 15) is 23.6 Å². The van der Waals surface area contributed by atoms with Crippen molar-refractivity contribution in [2.75, 3.05) is 44.0 Å². The van der Waals surface area contributed by atoms with Gasteiger partial charge in [-0.3, -0.25) is 15.0 Å². The Balaban J connectivity index is 1.82. The van der Waals surface area contributed by atoms with Crippen LogP contribution in [0.15, 0.2) is 18.3 Å². The Morgan fingerprint density at radius 3 is 2.77 bits per heavy atom. The fraction of sp³-hybridized carbons (Fsp3) is 0.458. The summed E-state index contributed by atoms with van der Waals surface area (Å²) in [4.78, 5) is 35.8. The number of alkyl halides is 2. The second kappa shape index (κ2) is 10.7. The van der Waals surface area contributed by atoms with Crippen molar-refractivity contribution in [3.63, 3.8) is 0 Å². The predicted molar refractivity (Wildman–Crippen MR) is 126 cm³/mol. The maximum atomic E-state index is 13.3. The summed E-state index contributed by atoms with van der Waals surface area (Å²) < 4.78 is 32.5. The van der Waals surface area contributed by atoms with Gasteiger partial charge in [0.15, 0.2) is 6.29 Å². The minimum absolute atomic E-state index is 0.154. The molecule has 3 heterocycles. The number of nitrogens with one attached hydrogen (secondary N) is 1. The summed E-state index contributed by atoms with van der Waals surface area (Å²) in [5.41, 5.74) is -0.352. The Morgan fingerprint density at radius 1 is 1.40 bits per heavy atom. The summed E-state index contributed by atoms with van der Waals surface area (Å²) >= 11 is 0. The Hall–Kier alpha value is -3.65. The molecule has 0 spiro atoms. The summed E-state index contributed by atoms with van der Waals surface area (Å²) in [6, 6.07) is 4.15.